The zero-order valence-electron chi connectivity index (χ0n) is 15.8. The summed E-state index contributed by atoms with van der Waals surface area (Å²) in [5.41, 5.74) is 4.71. The van der Waals surface area contributed by atoms with Gasteiger partial charge < -0.3 is 15.4 Å². The zero-order chi connectivity index (χ0) is 19.2. The van der Waals surface area contributed by atoms with Crippen molar-refractivity contribution >= 4 is 12.0 Å². The first-order valence-electron chi connectivity index (χ1n) is 9.48. The molecule has 0 radical (unpaired) electrons. The number of likely N-dealkylation sites (N-methyl/N-ethyl adjacent to an activating group) is 1. The molecule has 1 atom stereocenters. The summed E-state index contributed by atoms with van der Waals surface area (Å²) in [5.74, 6) is -0.186. The monoisotopic (exact) mass is 366 g/mol. The van der Waals surface area contributed by atoms with Gasteiger partial charge in [0.15, 0.2) is 0 Å². The van der Waals surface area contributed by atoms with Crippen LogP contribution in [0.15, 0.2) is 48.5 Å². The molecule has 2 aromatic rings. The number of fused-ring (bicyclic) bond motifs is 3. The molecule has 27 heavy (non-hydrogen) atoms. The molecule has 2 N–H and O–H groups in total. The Bertz CT molecular complexity index is 773. The lowest BCUT2D eigenvalue weighted by molar-refractivity contribution is -0.122. The first kappa shape index (κ1) is 19.0. The molecular weight excluding hydrogens is 340 g/mol. The van der Waals surface area contributed by atoms with Gasteiger partial charge in [0.1, 0.15) is 12.6 Å². The van der Waals surface area contributed by atoms with E-state index in [1.165, 1.54) is 22.3 Å². The first-order valence-corrected chi connectivity index (χ1v) is 9.48. The molecule has 0 saturated heterocycles. The molecule has 0 unspecified atom stereocenters. The fourth-order valence-electron chi connectivity index (χ4n) is 3.63. The minimum atomic E-state index is -0.564. The highest BCUT2D eigenvalue weighted by Gasteiger charge is 2.29. The first-order chi connectivity index (χ1) is 13.2. The van der Waals surface area contributed by atoms with Crippen molar-refractivity contribution in [1.82, 2.24) is 10.6 Å². The number of unbranched alkanes of at least 4 members (excludes halogenated alkanes) is 1. The number of carbonyl (C=O) groups excluding carboxylic acids is 2. The summed E-state index contributed by atoms with van der Waals surface area (Å²) in [7, 11) is 1.57. The zero-order valence-corrected chi connectivity index (χ0v) is 15.8. The maximum atomic E-state index is 12.3. The molecule has 0 bridgehead atoms. The molecule has 0 aromatic heterocycles. The molecule has 3 rings (SSSR count). The van der Waals surface area contributed by atoms with Gasteiger partial charge >= 0.3 is 6.09 Å². The second-order valence-corrected chi connectivity index (χ2v) is 6.78. The van der Waals surface area contributed by atoms with Gasteiger partial charge in [-0.3, -0.25) is 4.79 Å². The quantitative estimate of drug-likeness (QED) is 0.783. The van der Waals surface area contributed by atoms with E-state index in [0.717, 1.165) is 12.8 Å². The lowest BCUT2D eigenvalue weighted by Crippen LogP contribution is -2.46. The van der Waals surface area contributed by atoms with Gasteiger partial charge in [0.2, 0.25) is 5.91 Å². The number of carbonyl (C=O) groups is 2. The normalized spacial score (nSPS) is 13.4. The third-order valence-corrected chi connectivity index (χ3v) is 5.05. The molecule has 0 saturated carbocycles. The maximum absolute atomic E-state index is 12.3. The Morgan fingerprint density at radius 3 is 2.19 bits per heavy atom. The summed E-state index contributed by atoms with van der Waals surface area (Å²) in [6.45, 7) is 2.29. The Hall–Kier alpha value is -2.82. The maximum Gasteiger partial charge on any atom is 0.407 e. The van der Waals surface area contributed by atoms with E-state index in [1.54, 1.807) is 7.05 Å². The van der Waals surface area contributed by atoms with Crippen LogP contribution in [0, 0.1) is 0 Å². The Kier molecular flexibility index (Phi) is 6.12. The van der Waals surface area contributed by atoms with Crippen LogP contribution in [0.25, 0.3) is 11.1 Å². The van der Waals surface area contributed by atoms with Gasteiger partial charge in [0, 0.05) is 13.0 Å². The van der Waals surface area contributed by atoms with Gasteiger partial charge in [-0.25, -0.2) is 4.79 Å². The van der Waals surface area contributed by atoms with Crippen LogP contribution >= 0.6 is 0 Å². The van der Waals surface area contributed by atoms with Crippen LogP contribution in [0.4, 0.5) is 4.79 Å². The Labute approximate surface area is 160 Å². The molecule has 5 heteroatoms. The number of nitrogens with one attached hydrogen (secondary N) is 2. The molecule has 1 aliphatic rings. The van der Waals surface area contributed by atoms with Gasteiger partial charge in [-0.05, 0) is 28.7 Å². The lowest BCUT2D eigenvalue weighted by Gasteiger charge is -2.19. The van der Waals surface area contributed by atoms with E-state index in [4.69, 9.17) is 4.74 Å². The standard InChI is InChI=1S/C22H26N2O3/c1-3-4-13-20(21(25)23-2)24-22(26)27-14-19-17-11-7-5-9-15(17)16-10-6-8-12-18(16)19/h5-12,19-20H,3-4,13-14H2,1-2H3,(H,23,25)(H,24,26)/t20-/m0/s1. The van der Waals surface area contributed by atoms with Crippen molar-refractivity contribution in [2.24, 2.45) is 0 Å². The van der Waals surface area contributed by atoms with Crippen molar-refractivity contribution < 1.29 is 14.3 Å². The Balaban J connectivity index is 1.67. The van der Waals surface area contributed by atoms with Crippen molar-refractivity contribution in [3.05, 3.63) is 59.7 Å². The van der Waals surface area contributed by atoms with Gasteiger partial charge in [0.25, 0.3) is 0 Å². The smallest absolute Gasteiger partial charge is 0.407 e. The number of ether oxygens (including phenoxy) is 1. The van der Waals surface area contributed by atoms with Crippen LogP contribution in [-0.2, 0) is 9.53 Å². The van der Waals surface area contributed by atoms with Crippen molar-refractivity contribution in [3.63, 3.8) is 0 Å². The fraction of sp³-hybridized carbons (Fsp3) is 0.364. The van der Waals surface area contributed by atoms with Crippen LogP contribution in [0.3, 0.4) is 0 Å². The molecule has 2 aromatic carbocycles. The molecule has 5 nitrogen and oxygen atoms in total. The lowest BCUT2D eigenvalue weighted by atomic mass is 9.98. The van der Waals surface area contributed by atoms with Crippen LogP contribution in [0.5, 0.6) is 0 Å². The van der Waals surface area contributed by atoms with E-state index in [1.807, 2.05) is 31.2 Å². The summed E-state index contributed by atoms with van der Waals surface area (Å²) < 4.78 is 5.51. The van der Waals surface area contributed by atoms with Crippen molar-refractivity contribution in [2.75, 3.05) is 13.7 Å². The molecule has 0 spiro atoms. The highest BCUT2D eigenvalue weighted by molar-refractivity contribution is 5.85. The predicted octanol–water partition coefficient (Wildman–Crippen LogP) is 3.83. The summed E-state index contributed by atoms with van der Waals surface area (Å²) in [4.78, 5) is 24.3. The Morgan fingerprint density at radius 1 is 1.04 bits per heavy atom. The largest absolute Gasteiger partial charge is 0.449 e. The topological polar surface area (TPSA) is 67.4 Å². The van der Waals surface area contributed by atoms with Crippen molar-refractivity contribution in [3.8, 4) is 11.1 Å². The van der Waals surface area contributed by atoms with Crippen LogP contribution < -0.4 is 10.6 Å². The molecule has 2 amide bonds. The van der Waals surface area contributed by atoms with Crippen LogP contribution in [0.1, 0.15) is 43.2 Å². The SMILES string of the molecule is CCCC[C@H](NC(=O)OCC1c2ccccc2-c2ccccc21)C(=O)NC. The van der Waals surface area contributed by atoms with E-state index in [-0.39, 0.29) is 18.4 Å². The minimum absolute atomic E-state index is 0.0113. The second-order valence-electron chi connectivity index (χ2n) is 6.78. The van der Waals surface area contributed by atoms with E-state index in [0.29, 0.717) is 6.42 Å². The average molecular weight is 366 g/mol. The Morgan fingerprint density at radius 2 is 1.63 bits per heavy atom. The summed E-state index contributed by atoms with van der Waals surface area (Å²) in [6, 6.07) is 15.8. The fourth-order valence-corrected chi connectivity index (χ4v) is 3.63. The minimum Gasteiger partial charge on any atom is -0.449 e. The highest BCUT2D eigenvalue weighted by atomic mass is 16.5. The highest BCUT2D eigenvalue weighted by Crippen LogP contribution is 2.44. The van der Waals surface area contributed by atoms with E-state index < -0.39 is 12.1 Å². The molecule has 0 fully saturated rings. The number of rotatable bonds is 7. The molecule has 0 aliphatic heterocycles. The summed E-state index contributed by atoms with van der Waals surface area (Å²) in [6.07, 6.45) is 1.86. The van der Waals surface area contributed by atoms with E-state index in [2.05, 4.69) is 34.9 Å². The third kappa shape index (κ3) is 4.13. The van der Waals surface area contributed by atoms with Crippen molar-refractivity contribution in [2.45, 2.75) is 38.1 Å². The third-order valence-electron chi connectivity index (χ3n) is 5.05. The van der Waals surface area contributed by atoms with Crippen molar-refractivity contribution in [1.29, 1.82) is 0 Å². The predicted molar refractivity (Wildman–Crippen MR) is 106 cm³/mol. The summed E-state index contributed by atoms with van der Waals surface area (Å²) >= 11 is 0. The van der Waals surface area contributed by atoms with Crippen LogP contribution in [-0.4, -0.2) is 31.7 Å². The van der Waals surface area contributed by atoms with Crippen LogP contribution in [0.2, 0.25) is 0 Å². The van der Waals surface area contributed by atoms with E-state index in [9.17, 15) is 9.59 Å². The molecule has 1 aliphatic carbocycles. The van der Waals surface area contributed by atoms with Gasteiger partial charge in [0.05, 0.1) is 0 Å². The number of benzene rings is 2. The van der Waals surface area contributed by atoms with E-state index >= 15 is 0 Å². The molecular formula is C22H26N2O3. The summed E-state index contributed by atoms with van der Waals surface area (Å²) in [5, 5.41) is 5.29. The van der Waals surface area contributed by atoms with Gasteiger partial charge in [-0.15, -0.1) is 0 Å². The number of hydrogen-bond donors (Lipinski definition) is 2. The van der Waals surface area contributed by atoms with Gasteiger partial charge in [-0.1, -0.05) is 68.3 Å². The number of alkyl carbamates (subject to hydrolysis) is 1. The second kappa shape index (κ2) is 8.71. The van der Waals surface area contributed by atoms with Gasteiger partial charge in [-0.2, -0.15) is 0 Å². The number of amides is 2. The molecule has 0 heterocycles. The number of hydrogen-bond acceptors (Lipinski definition) is 3. The molecule has 142 valence electrons. The average Bonchev–Trinajstić information content (AvgIpc) is 3.03.